The zero-order valence-corrected chi connectivity index (χ0v) is 14.2. The Labute approximate surface area is 146 Å². The van der Waals surface area contributed by atoms with Gasteiger partial charge in [0, 0.05) is 18.6 Å². The number of nitrogens with zero attached hydrogens (tertiary/aromatic N) is 3. The molecule has 1 N–H and O–H groups in total. The number of anilines is 1. The predicted molar refractivity (Wildman–Crippen MR) is 95.4 cm³/mol. The molecular weight excluding hydrogens is 316 g/mol. The van der Waals surface area contributed by atoms with Crippen LogP contribution in [0, 0.1) is 6.92 Å². The fourth-order valence-corrected chi connectivity index (χ4v) is 2.39. The first-order valence-corrected chi connectivity index (χ1v) is 8.07. The molecule has 0 aliphatic heterocycles. The SMILES string of the molecule is Cc1nccn1-c1ncccc1NC(=O)C(C)OCc1ccccc1. The molecule has 6 nitrogen and oxygen atoms in total. The van der Waals surface area contributed by atoms with Crippen LogP contribution in [0.3, 0.4) is 0 Å². The highest BCUT2D eigenvalue weighted by atomic mass is 16.5. The first kappa shape index (κ1) is 16.9. The molecule has 3 rings (SSSR count). The molecule has 0 fully saturated rings. The lowest BCUT2D eigenvalue weighted by molar-refractivity contribution is -0.127. The molecule has 1 amide bonds. The van der Waals surface area contributed by atoms with Gasteiger partial charge in [0.15, 0.2) is 5.82 Å². The molecule has 128 valence electrons. The van der Waals surface area contributed by atoms with Crippen LogP contribution in [0.15, 0.2) is 61.1 Å². The Hall–Kier alpha value is -2.99. The molecule has 6 heteroatoms. The Balaban J connectivity index is 1.68. The van der Waals surface area contributed by atoms with Crippen molar-refractivity contribution in [1.29, 1.82) is 0 Å². The van der Waals surface area contributed by atoms with E-state index in [1.165, 1.54) is 0 Å². The van der Waals surface area contributed by atoms with Crippen LogP contribution in [-0.2, 0) is 16.1 Å². The van der Waals surface area contributed by atoms with E-state index in [2.05, 4.69) is 15.3 Å². The van der Waals surface area contributed by atoms with Gasteiger partial charge in [-0.3, -0.25) is 9.36 Å². The standard InChI is InChI=1S/C19H20N4O2/c1-14(25-13-16-7-4-3-5-8-16)19(24)22-17-9-6-10-21-18(17)23-12-11-20-15(23)2/h3-12,14H,13H2,1-2H3,(H,22,24). The van der Waals surface area contributed by atoms with Crippen molar-refractivity contribution >= 4 is 11.6 Å². The Morgan fingerprint density at radius 1 is 1.16 bits per heavy atom. The maximum atomic E-state index is 12.5. The quantitative estimate of drug-likeness (QED) is 0.751. The number of carbonyl (C=O) groups is 1. The van der Waals surface area contributed by atoms with Gasteiger partial charge < -0.3 is 10.1 Å². The summed E-state index contributed by atoms with van der Waals surface area (Å²) in [6.07, 6.45) is 4.60. The summed E-state index contributed by atoms with van der Waals surface area (Å²) in [6.45, 7) is 4.00. The molecule has 0 spiro atoms. The van der Waals surface area contributed by atoms with E-state index in [9.17, 15) is 4.79 Å². The lowest BCUT2D eigenvalue weighted by atomic mass is 10.2. The summed E-state index contributed by atoms with van der Waals surface area (Å²) in [4.78, 5) is 21.0. The normalized spacial score (nSPS) is 11.9. The molecule has 0 radical (unpaired) electrons. The summed E-state index contributed by atoms with van der Waals surface area (Å²) in [7, 11) is 0. The fraction of sp³-hybridized carbons (Fsp3) is 0.211. The van der Waals surface area contributed by atoms with E-state index in [0.29, 0.717) is 18.1 Å². The molecule has 0 saturated heterocycles. The second-order valence-electron chi connectivity index (χ2n) is 5.65. The van der Waals surface area contributed by atoms with E-state index in [-0.39, 0.29) is 5.91 Å². The summed E-state index contributed by atoms with van der Waals surface area (Å²) in [6, 6.07) is 13.3. The van der Waals surface area contributed by atoms with E-state index < -0.39 is 6.10 Å². The van der Waals surface area contributed by atoms with Crippen LogP contribution in [0.1, 0.15) is 18.3 Å². The third-order valence-electron chi connectivity index (χ3n) is 3.81. The fourth-order valence-electron chi connectivity index (χ4n) is 2.39. The van der Waals surface area contributed by atoms with Crippen LogP contribution in [0.5, 0.6) is 0 Å². The number of rotatable bonds is 6. The number of ether oxygens (including phenoxy) is 1. The molecule has 0 aliphatic carbocycles. The van der Waals surface area contributed by atoms with E-state index >= 15 is 0 Å². The topological polar surface area (TPSA) is 69.0 Å². The monoisotopic (exact) mass is 336 g/mol. The van der Waals surface area contributed by atoms with Gasteiger partial charge in [-0.05, 0) is 31.5 Å². The Morgan fingerprint density at radius 2 is 1.96 bits per heavy atom. The second kappa shape index (κ2) is 7.72. The third kappa shape index (κ3) is 4.10. The number of hydrogen-bond donors (Lipinski definition) is 1. The largest absolute Gasteiger partial charge is 0.364 e. The number of pyridine rings is 1. The van der Waals surface area contributed by atoms with Crippen molar-refractivity contribution in [2.24, 2.45) is 0 Å². The Morgan fingerprint density at radius 3 is 2.68 bits per heavy atom. The van der Waals surface area contributed by atoms with Crippen molar-refractivity contribution in [2.75, 3.05) is 5.32 Å². The van der Waals surface area contributed by atoms with E-state index in [1.807, 2.05) is 54.1 Å². The summed E-state index contributed by atoms with van der Waals surface area (Å²) in [5, 5.41) is 2.89. The minimum absolute atomic E-state index is 0.219. The Kier molecular flexibility index (Phi) is 5.20. The van der Waals surface area contributed by atoms with E-state index in [4.69, 9.17) is 4.74 Å². The smallest absolute Gasteiger partial charge is 0.253 e. The molecule has 0 bridgehead atoms. The van der Waals surface area contributed by atoms with Gasteiger partial charge in [0.2, 0.25) is 0 Å². The van der Waals surface area contributed by atoms with Crippen molar-refractivity contribution in [2.45, 2.75) is 26.6 Å². The van der Waals surface area contributed by atoms with Gasteiger partial charge in [-0.15, -0.1) is 0 Å². The van der Waals surface area contributed by atoms with Gasteiger partial charge in [-0.25, -0.2) is 9.97 Å². The van der Waals surface area contributed by atoms with E-state index in [1.54, 1.807) is 25.4 Å². The first-order valence-electron chi connectivity index (χ1n) is 8.07. The number of hydrogen-bond acceptors (Lipinski definition) is 4. The van der Waals surface area contributed by atoms with Gasteiger partial charge in [0.05, 0.1) is 12.3 Å². The molecule has 1 atom stereocenters. The molecule has 1 aromatic carbocycles. The highest BCUT2D eigenvalue weighted by Crippen LogP contribution is 2.19. The number of aromatic nitrogens is 3. The molecule has 2 aromatic heterocycles. The minimum Gasteiger partial charge on any atom is -0.364 e. The lowest BCUT2D eigenvalue weighted by Crippen LogP contribution is -2.28. The van der Waals surface area contributed by atoms with Crippen LogP contribution in [0.25, 0.3) is 5.82 Å². The summed E-state index contributed by atoms with van der Waals surface area (Å²) >= 11 is 0. The molecule has 0 aliphatic rings. The molecule has 25 heavy (non-hydrogen) atoms. The number of benzene rings is 1. The minimum atomic E-state index is -0.586. The number of imidazole rings is 1. The molecular formula is C19H20N4O2. The molecule has 2 heterocycles. The van der Waals surface area contributed by atoms with Crippen molar-refractivity contribution in [3.05, 3.63) is 72.4 Å². The average molecular weight is 336 g/mol. The maximum absolute atomic E-state index is 12.5. The summed E-state index contributed by atoms with van der Waals surface area (Å²) in [5.74, 6) is 1.20. The first-order chi connectivity index (χ1) is 12.1. The van der Waals surface area contributed by atoms with Crippen molar-refractivity contribution in [1.82, 2.24) is 14.5 Å². The maximum Gasteiger partial charge on any atom is 0.253 e. The molecule has 0 saturated carbocycles. The molecule has 3 aromatic rings. The lowest BCUT2D eigenvalue weighted by Gasteiger charge is -2.16. The van der Waals surface area contributed by atoms with Crippen molar-refractivity contribution in [3.8, 4) is 5.82 Å². The van der Waals surface area contributed by atoms with Crippen LogP contribution in [-0.4, -0.2) is 26.5 Å². The van der Waals surface area contributed by atoms with Crippen molar-refractivity contribution < 1.29 is 9.53 Å². The highest BCUT2D eigenvalue weighted by molar-refractivity contribution is 5.95. The highest BCUT2D eigenvalue weighted by Gasteiger charge is 2.16. The van der Waals surface area contributed by atoms with Crippen molar-refractivity contribution in [3.63, 3.8) is 0 Å². The predicted octanol–water partition coefficient (Wildman–Crippen LogP) is 3.12. The second-order valence-corrected chi connectivity index (χ2v) is 5.65. The average Bonchev–Trinajstić information content (AvgIpc) is 3.06. The van der Waals surface area contributed by atoms with E-state index in [0.717, 1.165) is 11.4 Å². The van der Waals surface area contributed by atoms with Gasteiger partial charge >= 0.3 is 0 Å². The van der Waals surface area contributed by atoms with Gasteiger partial charge in [-0.2, -0.15) is 0 Å². The summed E-state index contributed by atoms with van der Waals surface area (Å²) in [5.41, 5.74) is 1.64. The van der Waals surface area contributed by atoms with Gasteiger partial charge in [-0.1, -0.05) is 30.3 Å². The third-order valence-corrected chi connectivity index (χ3v) is 3.81. The van der Waals surface area contributed by atoms with Crippen LogP contribution >= 0.6 is 0 Å². The van der Waals surface area contributed by atoms with Crippen LogP contribution in [0.2, 0.25) is 0 Å². The van der Waals surface area contributed by atoms with Crippen LogP contribution in [0.4, 0.5) is 5.69 Å². The zero-order valence-electron chi connectivity index (χ0n) is 14.2. The van der Waals surface area contributed by atoms with Gasteiger partial charge in [0.1, 0.15) is 11.9 Å². The Bertz CT molecular complexity index is 845. The molecule has 1 unspecified atom stereocenters. The van der Waals surface area contributed by atoms with Gasteiger partial charge in [0.25, 0.3) is 5.91 Å². The number of nitrogens with one attached hydrogen (secondary N) is 1. The number of aryl methyl sites for hydroxylation is 1. The number of amides is 1. The van der Waals surface area contributed by atoms with Crippen LogP contribution < -0.4 is 5.32 Å². The number of carbonyl (C=O) groups excluding carboxylic acids is 1. The summed E-state index contributed by atoms with van der Waals surface area (Å²) < 4.78 is 7.49. The zero-order chi connectivity index (χ0) is 17.6.